The van der Waals surface area contributed by atoms with Crippen LogP contribution in [0.15, 0.2) is 24.3 Å². The smallest absolute Gasteiger partial charge is 0.221 e. The minimum Gasteiger partial charge on any atom is -0.372 e. The molecule has 2 N–H and O–H groups in total. The SMILES string of the molecule is CNC(=O)CCNCC1OCCc2ccccc21. The van der Waals surface area contributed by atoms with E-state index in [-0.39, 0.29) is 12.0 Å². The number of ether oxygens (including phenoxy) is 1. The molecule has 0 bridgehead atoms. The molecule has 1 aliphatic rings. The molecule has 1 atom stereocenters. The van der Waals surface area contributed by atoms with Crippen molar-refractivity contribution in [1.82, 2.24) is 10.6 Å². The number of nitrogens with one attached hydrogen (secondary N) is 2. The molecule has 0 spiro atoms. The van der Waals surface area contributed by atoms with E-state index in [9.17, 15) is 4.79 Å². The van der Waals surface area contributed by atoms with Crippen LogP contribution in [-0.2, 0) is 16.0 Å². The first-order chi connectivity index (χ1) is 8.81. The monoisotopic (exact) mass is 248 g/mol. The maximum atomic E-state index is 11.1. The van der Waals surface area contributed by atoms with Gasteiger partial charge in [-0.2, -0.15) is 0 Å². The molecule has 2 rings (SSSR count). The molecular formula is C14H20N2O2. The predicted molar refractivity (Wildman–Crippen MR) is 70.4 cm³/mol. The molecule has 1 amide bonds. The molecule has 0 radical (unpaired) electrons. The van der Waals surface area contributed by atoms with Crippen molar-refractivity contribution in [2.24, 2.45) is 0 Å². The lowest BCUT2D eigenvalue weighted by Gasteiger charge is -2.26. The summed E-state index contributed by atoms with van der Waals surface area (Å²) in [7, 11) is 1.66. The van der Waals surface area contributed by atoms with Gasteiger partial charge in [0, 0.05) is 26.6 Å². The van der Waals surface area contributed by atoms with Crippen LogP contribution in [0.4, 0.5) is 0 Å². The zero-order valence-electron chi connectivity index (χ0n) is 10.7. The Bertz CT molecular complexity index is 407. The zero-order chi connectivity index (χ0) is 12.8. The van der Waals surface area contributed by atoms with Crippen molar-refractivity contribution < 1.29 is 9.53 Å². The van der Waals surface area contributed by atoms with Gasteiger partial charge in [-0.1, -0.05) is 24.3 Å². The number of rotatable bonds is 5. The maximum absolute atomic E-state index is 11.1. The highest BCUT2D eigenvalue weighted by Crippen LogP contribution is 2.25. The van der Waals surface area contributed by atoms with Crippen LogP contribution in [0, 0.1) is 0 Å². The first kappa shape index (κ1) is 13.1. The molecular weight excluding hydrogens is 228 g/mol. The van der Waals surface area contributed by atoms with Gasteiger partial charge in [0.15, 0.2) is 0 Å². The molecule has 1 aromatic rings. The van der Waals surface area contributed by atoms with Crippen LogP contribution in [-0.4, -0.2) is 32.7 Å². The van der Waals surface area contributed by atoms with Crippen LogP contribution in [0.25, 0.3) is 0 Å². The van der Waals surface area contributed by atoms with Crippen LogP contribution in [0.3, 0.4) is 0 Å². The summed E-state index contributed by atoms with van der Waals surface area (Å²) in [5, 5.41) is 5.88. The van der Waals surface area contributed by atoms with E-state index >= 15 is 0 Å². The molecule has 18 heavy (non-hydrogen) atoms. The molecule has 98 valence electrons. The van der Waals surface area contributed by atoms with E-state index in [2.05, 4.69) is 28.8 Å². The number of fused-ring (bicyclic) bond motifs is 1. The molecule has 0 saturated carbocycles. The van der Waals surface area contributed by atoms with E-state index < -0.39 is 0 Å². The molecule has 0 fully saturated rings. The van der Waals surface area contributed by atoms with Gasteiger partial charge in [-0.25, -0.2) is 0 Å². The van der Waals surface area contributed by atoms with Gasteiger partial charge >= 0.3 is 0 Å². The Hall–Kier alpha value is -1.39. The third-order valence-electron chi connectivity index (χ3n) is 3.23. The fraction of sp³-hybridized carbons (Fsp3) is 0.500. The summed E-state index contributed by atoms with van der Waals surface area (Å²) in [6, 6.07) is 8.40. The standard InChI is InChI=1S/C14H20N2O2/c1-15-14(17)6-8-16-10-13-12-5-3-2-4-11(12)7-9-18-13/h2-5,13,16H,6-10H2,1H3,(H,15,17). The molecule has 1 aromatic carbocycles. The van der Waals surface area contributed by atoms with E-state index in [0.29, 0.717) is 13.0 Å². The van der Waals surface area contributed by atoms with E-state index in [1.54, 1.807) is 7.05 Å². The molecule has 1 unspecified atom stereocenters. The Morgan fingerprint density at radius 1 is 1.44 bits per heavy atom. The summed E-state index contributed by atoms with van der Waals surface area (Å²) in [5.74, 6) is 0.0625. The second-order valence-electron chi connectivity index (χ2n) is 4.44. The Morgan fingerprint density at radius 2 is 2.28 bits per heavy atom. The molecule has 0 aliphatic carbocycles. The first-order valence-corrected chi connectivity index (χ1v) is 6.42. The largest absolute Gasteiger partial charge is 0.372 e. The van der Waals surface area contributed by atoms with Crippen LogP contribution in [0.2, 0.25) is 0 Å². The number of benzene rings is 1. The second kappa shape index (κ2) is 6.52. The van der Waals surface area contributed by atoms with Gasteiger partial charge in [0.2, 0.25) is 5.91 Å². The topological polar surface area (TPSA) is 50.4 Å². The van der Waals surface area contributed by atoms with Crippen LogP contribution < -0.4 is 10.6 Å². The van der Waals surface area contributed by atoms with E-state index in [4.69, 9.17) is 4.74 Å². The summed E-state index contributed by atoms with van der Waals surface area (Å²) in [6.45, 7) is 2.22. The number of hydrogen-bond donors (Lipinski definition) is 2. The fourth-order valence-corrected chi connectivity index (χ4v) is 2.21. The van der Waals surface area contributed by atoms with Crippen LogP contribution in [0.1, 0.15) is 23.7 Å². The van der Waals surface area contributed by atoms with Crippen molar-refractivity contribution in [3.8, 4) is 0 Å². The van der Waals surface area contributed by atoms with Crippen LogP contribution in [0.5, 0.6) is 0 Å². The number of carbonyl (C=O) groups excluding carboxylic acids is 1. The second-order valence-corrected chi connectivity index (χ2v) is 4.44. The van der Waals surface area contributed by atoms with Crippen molar-refractivity contribution in [1.29, 1.82) is 0 Å². The van der Waals surface area contributed by atoms with E-state index in [0.717, 1.165) is 19.6 Å². The highest BCUT2D eigenvalue weighted by molar-refractivity contribution is 5.75. The first-order valence-electron chi connectivity index (χ1n) is 6.42. The van der Waals surface area contributed by atoms with Gasteiger partial charge in [0.25, 0.3) is 0 Å². The third-order valence-corrected chi connectivity index (χ3v) is 3.23. The van der Waals surface area contributed by atoms with Gasteiger partial charge in [0.1, 0.15) is 0 Å². The predicted octanol–water partition coefficient (Wildman–Crippen LogP) is 1.03. The molecule has 4 heteroatoms. The zero-order valence-corrected chi connectivity index (χ0v) is 10.7. The maximum Gasteiger partial charge on any atom is 0.221 e. The molecule has 0 aromatic heterocycles. The molecule has 4 nitrogen and oxygen atoms in total. The molecule has 1 aliphatic heterocycles. The average molecular weight is 248 g/mol. The van der Waals surface area contributed by atoms with Gasteiger partial charge in [-0.05, 0) is 17.5 Å². The van der Waals surface area contributed by atoms with Gasteiger partial charge in [-0.15, -0.1) is 0 Å². The van der Waals surface area contributed by atoms with Crippen molar-refractivity contribution in [2.45, 2.75) is 18.9 Å². The van der Waals surface area contributed by atoms with E-state index in [1.807, 2.05) is 6.07 Å². The summed E-state index contributed by atoms with van der Waals surface area (Å²) in [4.78, 5) is 11.1. The van der Waals surface area contributed by atoms with Crippen LogP contribution >= 0.6 is 0 Å². The minimum atomic E-state index is 0.0625. The van der Waals surface area contributed by atoms with Crippen molar-refractivity contribution in [3.05, 3.63) is 35.4 Å². The Labute approximate surface area is 108 Å². The quantitative estimate of drug-likeness (QED) is 0.765. The number of carbonyl (C=O) groups is 1. The Morgan fingerprint density at radius 3 is 3.11 bits per heavy atom. The lowest BCUT2D eigenvalue weighted by molar-refractivity contribution is -0.120. The normalized spacial score (nSPS) is 18.2. The summed E-state index contributed by atoms with van der Waals surface area (Å²) < 4.78 is 5.77. The number of amides is 1. The van der Waals surface area contributed by atoms with E-state index in [1.165, 1.54) is 11.1 Å². The third kappa shape index (κ3) is 3.31. The summed E-state index contributed by atoms with van der Waals surface area (Å²) in [5.41, 5.74) is 2.65. The highest BCUT2D eigenvalue weighted by Gasteiger charge is 2.19. The average Bonchev–Trinajstić information content (AvgIpc) is 2.43. The Kier molecular flexibility index (Phi) is 4.73. The van der Waals surface area contributed by atoms with Crippen molar-refractivity contribution in [2.75, 3.05) is 26.7 Å². The highest BCUT2D eigenvalue weighted by atomic mass is 16.5. The van der Waals surface area contributed by atoms with Gasteiger partial charge in [-0.3, -0.25) is 4.79 Å². The van der Waals surface area contributed by atoms with Gasteiger partial charge in [0.05, 0.1) is 12.7 Å². The van der Waals surface area contributed by atoms with Gasteiger partial charge < -0.3 is 15.4 Å². The molecule has 0 saturated heterocycles. The minimum absolute atomic E-state index is 0.0625. The fourth-order valence-electron chi connectivity index (χ4n) is 2.21. The number of hydrogen-bond acceptors (Lipinski definition) is 3. The summed E-state index contributed by atoms with van der Waals surface area (Å²) >= 11 is 0. The Balaban J connectivity index is 1.82. The lowest BCUT2D eigenvalue weighted by Crippen LogP contribution is -2.30. The van der Waals surface area contributed by atoms with Crippen molar-refractivity contribution >= 4 is 5.91 Å². The van der Waals surface area contributed by atoms with Crippen molar-refractivity contribution in [3.63, 3.8) is 0 Å². The lowest BCUT2D eigenvalue weighted by atomic mass is 9.97. The molecule has 1 heterocycles. The summed E-state index contributed by atoms with van der Waals surface area (Å²) in [6.07, 6.45) is 1.61.